The third kappa shape index (κ3) is 2.28. The zero-order valence-electron chi connectivity index (χ0n) is 8.93. The molecule has 0 fully saturated rings. The molecule has 4 nitrogen and oxygen atoms in total. The van der Waals surface area contributed by atoms with Crippen molar-refractivity contribution < 1.29 is 9.53 Å². The number of methoxy groups -OCH3 is 1. The molecule has 4 heteroatoms. The third-order valence-electron chi connectivity index (χ3n) is 2.29. The van der Waals surface area contributed by atoms with Gasteiger partial charge in [0.15, 0.2) is 0 Å². The molecule has 0 amide bonds. The molecular formula is C12H12N2O2. The van der Waals surface area contributed by atoms with E-state index in [0.29, 0.717) is 6.42 Å². The van der Waals surface area contributed by atoms with Gasteiger partial charge in [-0.3, -0.25) is 9.89 Å². The molecule has 0 aliphatic heterocycles. The van der Waals surface area contributed by atoms with Crippen LogP contribution in [0.5, 0.6) is 0 Å². The van der Waals surface area contributed by atoms with Crippen molar-refractivity contribution in [3.63, 3.8) is 0 Å². The third-order valence-corrected chi connectivity index (χ3v) is 2.29. The smallest absolute Gasteiger partial charge is 0.309 e. The molecule has 2 rings (SSSR count). The first-order chi connectivity index (χ1) is 7.79. The summed E-state index contributed by atoms with van der Waals surface area (Å²) in [6, 6.07) is 5.93. The van der Waals surface area contributed by atoms with Crippen LogP contribution in [0.4, 0.5) is 0 Å². The van der Waals surface area contributed by atoms with Gasteiger partial charge in [0.2, 0.25) is 0 Å². The number of esters is 1. The molecule has 1 aromatic heterocycles. The number of carbonyl (C=O) groups excluding carboxylic acids is 1. The Labute approximate surface area is 92.9 Å². The van der Waals surface area contributed by atoms with Crippen LogP contribution in [0.3, 0.4) is 0 Å². The van der Waals surface area contributed by atoms with E-state index in [1.54, 1.807) is 12.3 Å². The van der Waals surface area contributed by atoms with Gasteiger partial charge < -0.3 is 4.74 Å². The van der Waals surface area contributed by atoms with E-state index in [-0.39, 0.29) is 5.97 Å². The van der Waals surface area contributed by atoms with Crippen LogP contribution < -0.4 is 0 Å². The van der Waals surface area contributed by atoms with Gasteiger partial charge >= 0.3 is 5.97 Å². The second-order valence-electron chi connectivity index (χ2n) is 3.40. The predicted molar refractivity (Wildman–Crippen MR) is 61.8 cm³/mol. The molecule has 0 bridgehead atoms. The van der Waals surface area contributed by atoms with Crippen molar-refractivity contribution in [2.24, 2.45) is 0 Å². The Hall–Kier alpha value is -2.10. The average molecular weight is 216 g/mol. The molecule has 1 N–H and O–H groups in total. The van der Waals surface area contributed by atoms with Gasteiger partial charge in [0, 0.05) is 5.39 Å². The van der Waals surface area contributed by atoms with Gasteiger partial charge in [-0.15, -0.1) is 0 Å². The number of fused-ring (bicyclic) bond motifs is 1. The van der Waals surface area contributed by atoms with E-state index in [1.807, 2.05) is 24.3 Å². The molecule has 1 heterocycles. The SMILES string of the molecule is COC(=O)CC=Cc1ccc2[nH]ncc2c1. The van der Waals surface area contributed by atoms with Gasteiger partial charge in [-0.25, -0.2) is 0 Å². The summed E-state index contributed by atoms with van der Waals surface area (Å²) in [5.74, 6) is -0.236. The fourth-order valence-corrected chi connectivity index (χ4v) is 1.44. The Kier molecular flexibility index (Phi) is 3.00. The summed E-state index contributed by atoms with van der Waals surface area (Å²) in [4.78, 5) is 10.9. The number of carbonyl (C=O) groups is 1. The maximum atomic E-state index is 10.9. The van der Waals surface area contributed by atoms with Crippen molar-refractivity contribution in [2.45, 2.75) is 6.42 Å². The molecule has 0 saturated carbocycles. The van der Waals surface area contributed by atoms with Crippen LogP contribution in [-0.4, -0.2) is 23.3 Å². The topological polar surface area (TPSA) is 55.0 Å². The van der Waals surface area contributed by atoms with Crippen LogP contribution >= 0.6 is 0 Å². The van der Waals surface area contributed by atoms with E-state index in [1.165, 1.54) is 7.11 Å². The number of nitrogens with zero attached hydrogens (tertiary/aromatic N) is 1. The number of hydrogen-bond donors (Lipinski definition) is 1. The highest BCUT2D eigenvalue weighted by atomic mass is 16.5. The van der Waals surface area contributed by atoms with Crippen molar-refractivity contribution >= 4 is 22.9 Å². The summed E-state index contributed by atoms with van der Waals surface area (Å²) in [7, 11) is 1.38. The Morgan fingerprint density at radius 1 is 1.56 bits per heavy atom. The van der Waals surface area contributed by atoms with Crippen molar-refractivity contribution in [1.29, 1.82) is 0 Å². The van der Waals surface area contributed by atoms with Gasteiger partial charge in [-0.05, 0) is 17.7 Å². The first-order valence-electron chi connectivity index (χ1n) is 4.96. The fraction of sp³-hybridized carbons (Fsp3) is 0.167. The van der Waals surface area contributed by atoms with Crippen molar-refractivity contribution in [2.75, 3.05) is 7.11 Å². The fourth-order valence-electron chi connectivity index (χ4n) is 1.44. The number of H-pyrrole nitrogens is 1. The lowest BCUT2D eigenvalue weighted by atomic mass is 10.1. The van der Waals surface area contributed by atoms with Crippen LogP contribution in [-0.2, 0) is 9.53 Å². The lowest BCUT2D eigenvalue weighted by Gasteiger charge is -1.94. The average Bonchev–Trinajstić information content (AvgIpc) is 2.76. The van der Waals surface area contributed by atoms with E-state index in [9.17, 15) is 4.79 Å². The zero-order valence-corrected chi connectivity index (χ0v) is 8.93. The first-order valence-corrected chi connectivity index (χ1v) is 4.96. The molecule has 0 aliphatic rings. The molecular weight excluding hydrogens is 204 g/mol. The Bertz CT molecular complexity index is 529. The van der Waals surface area contributed by atoms with E-state index < -0.39 is 0 Å². The number of hydrogen-bond acceptors (Lipinski definition) is 3. The molecule has 0 unspecified atom stereocenters. The molecule has 82 valence electrons. The van der Waals surface area contributed by atoms with Crippen LogP contribution in [0.15, 0.2) is 30.5 Å². The summed E-state index contributed by atoms with van der Waals surface area (Å²) in [6.45, 7) is 0. The number of ether oxygens (including phenoxy) is 1. The summed E-state index contributed by atoms with van der Waals surface area (Å²) >= 11 is 0. The highest BCUT2D eigenvalue weighted by molar-refractivity contribution is 5.81. The highest BCUT2D eigenvalue weighted by Crippen LogP contribution is 2.14. The van der Waals surface area contributed by atoms with E-state index in [0.717, 1.165) is 16.5 Å². The van der Waals surface area contributed by atoms with Crippen LogP contribution in [0, 0.1) is 0 Å². The van der Waals surface area contributed by atoms with Gasteiger partial charge in [-0.1, -0.05) is 18.2 Å². The second-order valence-corrected chi connectivity index (χ2v) is 3.40. The van der Waals surface area contributed by atoms with Gasteiger partial charge in [0.05, 0.1) is 25.2 Å². The second kappa shape index (κ2) is 4.61. The molecule has 0 saturated heterocycles. The van der Waals surface area contributed by atoms with Crippen molar-refractivity contribution in [3.8, 4) is 0 Å². The number of nitrogens with one attached hydrogen (secondary N) is 1. The molecule has 0 spiro atoms. The van der Waals surface area contributed by atoms with Crippen LogP contribution in [0.1, 0.15) is 12.0 Å². The number of rotatable bonds is 3. The Morgan fingerprint density at radius 3 is 3.25 bits per heavy atom. The lowest BCUT2D eigenvalue weighted by molar-refractivity contribution is -0.139. The molecule has 1 aromatic carbocycles. The maximum absolute atomic E-state index is 10.9. The van der Waals surface area contributed by atoms with Crippen molar-refractivity contribution in [1.82, 2.24) is 10.2 Å². The number of aromatic amines is 1. The normalized spacial score (nSPS) is 11.1. The largest absolute Gasteiger partial charge is 0.469 e. The first kappa shape index (κ1) is 10.4. The molecule has 16 heavy (non-hydrogen) atoms. The van der Waals surface area contributed by atoms with E-state index in [4.69, 9.17) is 0 Å². The molecule has 0 atom stereocenters. The van der Waals surface area contributed by atoms with Crippen molar-refractivity contribution in [3.05, 3.63) is 36.0 Å². The monoisotopic (exact) mass is 216 g/mol. The molecule has 0 radical (unpaired) electrons. The predicted octanol–water partition coefficient (Wildman–Crippen LogP) is 2.14. The van der Waals surface area contributed by atoms with Gasteiger partial charge in [-0.2, -0.15) is 5.10 Å². The lowest BCUT2D eigenvalue weighted by Crippen LogP contribution is -1.96. The minimum absolute atomic E-state index is 0.236. The zero-order chi connectivity index (χ0) is 11.4. The van der Waals surface area contributed by atoms with E-state index >= 15 is 0 Å². The highest BCUT2D eigenvalue weighted by Gasteiger charge is 1.96. The summed E-state index contributed by atoms with van der Waals surface area (Å²) in [6.07, 6.45) is 5.74. The maximum Gasteiger partial charge on any atom is 0.309 e. The van der Waals surface area contributed by atoms with Gasteiger partial charge in [0.1, 0.15) is 0 Å². The summed E-state index contributed by atoms with van der Waals surface area (Å²) in [5.41, 5.74) is 2.04. The van der Waals surface area contributed by atoms with E-state index in [2.05, 4.69) is 14.9 Å². The molecule has 0 aliphatic carbocycles. The summed E-state index contributed by atoms with van der Waals surface area (Å²) < 4.78 is 4.54. The van der Waals surface area contributed by atoms with Crippen LogP contribution in [0.25, 0.3) is 17.0 Å². The minimum Gasteiger partial charge on any atom is -0.469 e. The quantitative estimate of drug-likeness (QED) is 0.800. The number of aromatic nitrogens is 2. The Balaban J connectivity index is 2.11. The summed E-state index contributed by atoms with van der Waals surface area (Å²) in [5, 5.41) is 7.88. The Morgan fingerprint density at radius 2 is 2.44 bits per heavy atom. The van der Waals surface area contributed by atoms with Crippen LogP contribution in [0.2, 0.25) is 0 Å². The minimum atomic E-state index is -0.236. The molecule has 2 aromatic rings. The number of benzene rings is 1. The van der Waals surface area contributed by atoms with Gasteiger partial charge in [0.25, 0.3) is 0 Å². The standard InChI is InChI=1S/C12H12N2O2/c1-16-12(15)4-2-3-9-5-6-11-10(7-9)8-13-14-11/h2-3,5-8H,4H2,1H3,(H,13,14).